The summed E-state index contributed by atoms with van der Waals surface area (Å²) in [4.78, 5) is 13.6. The summed E-state index contributed by atoms with van der Waals surface area (Å²) in [6, 6.07) is 1.46. The van der Waals surface area contributed by atoms with Crippen molar-refractivity contribution < 1.29 is 18.0 Å². The van der Waals surface area contributed by atoms with Gasteiger partial charge in [0.15, 0.2) is 11.6 Å². The van der Waals surface area contributed by atoms with Gasteiger partial charge < -0.3 is 4.90 Å². The Morgan fingerprint density at radius 1 is 1.36 bits per heavy atom. The number of H-pyrrole nitrogens is 1. The highest BCUT2D eigenvalue weighted by atomic mass is 19.2. The summed E-state index contributed by atoms with van der Waals surface area (Å²) in [6.45, 7) is 2.41. The van der Waals surface area contributed by atoms with Gasteiger partial charge in [-0.3, -0.25) is 9.89 Å². The fourth-order valence-corrected chi connectivity index (χ4v) is 2.75. The van der Waals surface area contributed by atoms with E-state index in [1.807, 2.05) is 6.92 Å². The molecule has 1 atom stereocenters. The largest absolute Gasteiger partial charge is 0.338 e. The predicted octanol–water partition coefficient (Wildman–Crippen LogP) is 2.65. The number of carbonyl (C=O) groups excluding carboxylic acids is 1. The molecule has 0 saturated carbocycles. The van der Waals surface area contributed by atoms with Gasteiger partial charge in [-0.05, 0) is 18.6 Å². The van der Waals surface area contributed by atoms with Crippen molar-refractivity contribution in [3.8, 4) is 0 Å². The van der Waals surface area contributed by atoms with Gasteiger partial charge in [-0.1, -0.05) is 0 Å². The second-order valence-corrected chi connectivity index (χ2v) is 5.49. The Labute approximate surface area is 124 Å². The van der Waals surface area contributed by atoms with Crippen molar-refractivity contribution in [3.05, 3.63) is 52.6 Å². The van der Waals surface area contributed by atoms with E-state index in [-0.39, 0.29) is 24.4 Å². The first kappa shape index (κ1) is 14.6. The molecule has 22 heavy (non-hydrogen) atoms. The maximum Gasteiger partial charge on any atom is 0.223 e. The van der Waals surface area contributed by atoms with Gasteiger partial charge in [-0.2, -0.15) is 5.10 Å². The molecule has 0 aliphatic carbocycles. The number of benzene rings is 1. The molecule has 1 amide bonds. The number of hydrogen-bond acceptors (Lipinski definition) is 2. The molecule has 1 saturated heterocycles. The lowest BCUT2D eigenvalue weighted by Gasteiger charge is -2.16. The van der Waals surface area contributed by atoms with Crippen LogP contribution in [0.1, 0.15) is 29.2 Å². The summed E-state index contributed by atoms with van der Waals surface area (Å²) in [5.41, 5.74) is 1.62. The van der Waals surface area contributed by atoms with Crippen LogP contribution in [-0.2, 0) is 11.3 Å². The summed E-state index contributed by atoms with van der Waals surface area (Å²) in [5.74, 6) is -3.88. The van der Waals surface area contributed by atoms with Crippen LogP contribution in [0.4, 0.5) is 13.2 Å². The highest BCUT2D eigenvalue weighted by molar-refractivity contribution is 5.79. The van der Waals surface area contributed by atoms with Gasteiger partial charge in [0, 0.05) is 42.8 Å². The third kappa shape index (κ3) is 2.58. The number of nitrogens with zero attached hydrogens (tertiary/aromatic N) is 2. The first-order valence-corrected chi connectivity index (χ1v) is 6.86. The number of nitrogens with one attached hydrogen (secondary N) is 1. The summed E-state index contributed by atoms with van der Waals surface area (Å²) in [7, 11) is 0. The number of aryl methyl sites for hydroxylation is 1. The Bertz CT molecular complexity index is 729. The van der Waals surface area contributed by atoms with Gasteiger partial charge in [0.2, 0.25) is 5.91 Å². The Hall–Kier alpha value is -2.31. The minimum atomic E-state index is -1.23. The van der Waals surface area contributed by atoms with E-state index >= 15 is 0 Å². The van der Waals surface area contributed by atoms with E-state index in [0.717, 1.165) is 17.3 Å². The molecular formula is C15H14F3N3O. The normalized spacial score (nSPS) is 18.3. The number of amides is 1. The molecule has 4 nitrogen and oxygen atoms in total. The average Bonchev–Trinajstić information content (AvgIpc) is 3.02. The fraction of sp³-hybridized carbons (Fsp3) is 0.333. The summed E-state index contributed by atoms with van der Waals surface area (Å²) >= 11 is 0. The molecule has 1 aliphatic rings. The van der Waals surface area contributed by atoms with E-state index in [0.29, 0.717) is 12.6 Å². The summed E-state index contributed by atoms with van der Waals surface area (Å²) in [6.07, 6.45) is 1.66. The Kier molecular flexibility index (Phi) is 3.64. The summed E-state index contributed by atoms with van der Waals surface area (Å²) in [5, 5.41) is 6.66. The molecule has 1 aromatic heterocycles. The van der Waals surface area contributed by atoms with Crippen LogP contribution in [0.25, 0.3) is 0 Å². The third-order valence-electron chi connectivity index (χ3n) is 3.97. The molecule has 1 aromatic carbocycles. The van der Waals surface area contributed by atoms with Crippen molar-refractivity contribution in [2.24, 2.45) is 0 Å². The monoisotopic (exact) mass is 309 g/mol. The Balaban J connectivity index is 1.82. The molecule has 1 aliphatic heterocycles. The number of halogens is 3. The average molecular weight is 309 g/mol. The molecule has 116 valence electrons. The molecule has 2 aromatic rings. The molecule has 3 rings (SSSR count). The number of hydrogen-bond donors (Lipinski definition) is 1. The molecule has 1 unspecified atom stereocenters. The zero-order chi connectivity index (χ0) is 15.9. The lowest BCUT2D eigenvalue weighted by molar-refractivity contribution is -0.128. The van der Waals surface area contributed by atoms with Gasteiger partial charge in [0.25, 0.3) is 0 Å². The quantitative estimate of drug-likeness (QED) is 0.886. The lowest BCUT2D eigenvalue weighted by Crippen LogP contribution is -2.24. The molecule has 0 bridgehead atoms. The van der Waals surface area contributed by atoms with Crippen LogP contribution in [0.2, 0.25) is 0 Å². The van der Waals surface area contributed by atoms with Crippen molar-refractivity contribution >= 4 is 5.91 Å². The van der Waals surface area contributed by atoms with Crippen LogP contribution in [-0.4, -0.2) is 27.5 Å². The van der Waals surface area contributed by atoms with Crippen molar-refractivity contribution in [1.29, 1.82) is 0 Å². The van der Waals surface area contributed by atoms with Gasteiger partial charge in [0.05, 0.1) is 6.20 Å². The number of carbonyl (C=O) groups is 1. The highest BCUT2D eigenvalue weighted by Crippen LogP contribution is 2.32. The van der Waals surface area contributed by atoms with Crippen LogP contribution in [0.5, 0.6) is 0 Å². The molecule has 2 heterocycles. The van der Waals surface area contributed by atoms with Crippen LogP contribution in [0.3, 0.4) is 0 Å². The van der Waals surface area contributed by atoms with E-state index in [1.165, 1.54) is 0 Å². The van der Waals surface area contributed by atoms with Crippen molar-refractivity contribution in [2.75, 3.05) is 6.54 Å². The van der Waals surface area contributed by atoms with Crippen LogP contribution in [0.15, 0.2) is 18.3 Å². The standard InChI is InChI=1S/C15H14F3N3O/c1-8-10(5-19-20-8)7-21-6-9(2-14(21)22)12-3-11(16)4-13(17)15(12)18/h3-5,9H,2,6-7H2,1H3,(H,19,20). The van der Waals surface area contributed by atoms with E-state index < -0.39 is 23.4 Å². The van der Waals surface area contributed by atoms with Gasteiger partial charge in [-0.15, -0.1) is 0 Å². The number of rotatable bonds is 3. The minimum absolute atomic E-state index is 0.0384. The van der Waals surface area contributed by atoms with Crippen LogP contribution >= 0.6 is 0 Å². The zero-order valence-electron chi connectivity index (χ0n) is 11.9. The number of aromatic nitrogens is 2. The van der Waals surface area contributed by atoms with Crippen LogP contribution in [0, 0.1) is 24.4 Å². The van der Waals surface area contributed by atoms with Crippen LogP contribution < -0.4 is 0 Å². The van der Waals surface area contributed by atoms with Crippen molar-refractivity contribution in [3.63, 3.8) is 0 Å². The number of likely N-dealkylation sites (tertiary alicyclic amines) is 1. The van der Waals surface area contributed by atoms with Gasteiger partial charge in [-0.25, -0.2) is 13.2 Å². The Morgan fingerprint density at radius 3 is 2.82 bits per heavy atom. The Morgan fingerprint density at radius 2 is 2.14 bits per heavy atom. The van der Waals surface area contributed by atoms with E-state index in [9.17, 15) is 18.0 Å². The third-order valence-corrected chi connectivity index (χ3v) is 3.97. The van der Waals surface area contributed by atoms with E-state index in [1.54, 1.807) is 11.1 Å². The molecule has 0 spiro atoms. The topological polar surface area (TPSA) is 49.0 Å². The lowest BCUT2D eigenvalue weighted by atomic mass is 9.97. The fourth-order valence-electron chi connectivity index (χ4n) is 2.75. The molecule has 7 heteroatoms. The molecule has 1 N–H and O–H groups in total. The zero-order valence-corrected chi connectivity index (χ0v) is 11.9. The minimum Gasteiger partial charge on any atom is -0.338 e. The maximum atomic E-state index is 13.8. The summed E-state index contributed by atoms with van der Waals surface area (Å²) < 4.78 is 40.5. The molecular weight excluding hydrogens is 295 g/mol. The highest BCUT2D eigenvalue weighted by Gasteiger charge is 2.33. The van der Waals surface area contributed by atoms with E-state index in [4.69, 9.17) is 0 Å². The molecule has 1 fully saturated rings. The second kappa shape index (κ2) is 5.47. The number of aromatic amines is 1. The molecule has 0 radical (unpaired) electrons. The van der Waals surface area contributed by atoms with Gasteiger partial charge >= 0.3 is 0 Å². The van der Waals surface area contributed by atoms with Gasteiger partial charge in [0.1, 0.15) is 5.82 Å². The van der Waals surface area contributed by atoms with E-state index in [2.05, 4.69) is 10.2 Å². The first-order valence-electron chi connectivity index (χ1n) is 6.86. The maximum absolute atomic E-state index is 13.8. The smallest absolute Gasteiger partial charge is 0.223 e. The first-order chi connectivity index (χ1) is 10.5. The second-order valence-electron chi connectivity index (χ2n) is 5.49. The van der Waals surface area contributed by atoms with Crippen molar-refractivity contribution in [1.82, 2.24) is 15.1 Å². The predicted molar refractivity (Wildman–Crippen MR) is 72.4 cm³/mol. The SMILES string of the molecule is Cc1[nH]ncc1CN1CC(c2cc(F)cc(F)c2F)CC1=O. The van der Waals surface area contributed by atoms with Crippen molar-refractivity contribution in [2.45, 2.75) is 25.8 Å².